The summed E-state index contributed by atoms with van der Waals surface area (Å²) in [5, 5.41) is 12.3. The van der Waals surface area contributed by atoms with Crippen LogP contribution in [-0.4, -0.2) is 49.0 Å². The highest BCUT2D eigenvalue weighted by molar-refractivity contribution is 5.94. The first-order valence-corrected chi connectivity index (χ1v) is 10.5. The van der Waals surface area contributed by atoms with E-state index in [2.05, 4.69) is 53.4 Å². The Balaban J connectivity index is 1.37. The first-order valence-electron chi connectivity index (χ1n) is 10.5. The molecular weight excluding hydrogens is 380 g/mol. The molecule has 8 heteroatoms. The summed E-state index contributed by atoms with van der Waals surface area (Å²) in [7, 11) is 0. The van der Waals surface area contributed by atoms with E-state index in [-0.39, 0.29) is 17.4 Å². The van der Waals surface area contributed by atoms with Crippen LogP contribution in [0, 0.1) is 0 Å². The van der Waals surface area contributed by atoms with E-state index in [0.29, 0.717) is 36.9 Å². The number of likely N-dealkylation sites (tertiary alicyclic amines) is 1. The molecule has 0 spiro atoms. The second kappa shape index (κ2) is 8.01. The van der Waals surface area contributed by atoms with Gasteiger partial charge in [-0.3, -0.25) is 4.79 Å². The van der Waals surface area contributed by atoms with Crippen molar-refractivity contribution >= 4 is 5.91 Å². The molecule has 4 rings (SSSR count). The SMILES string of the molecule is CCc1noc(-c2cn(C3CCN(C(=O)c4ccc(C(C)(C)C)cc4)CC3)nn2)n1. The number of hydrogen-bond acceptors (Lipinski definition) is 6. The molecule has 3 heterocycles. The van der Waals surface area contributed by atoms with Crippen molar-refractivity contribution in [1.82, 2.24) is 30.0 Å². The predicted octanol–water partition coefficient (Wildman–Crippen LogP) is 3.67. The Morgan fingerprint density at radius 1 is 1.17 bits per heavy atom. The van der Waals surface area contributed by atoms with Crippen LogP contribution >= 0.6 is 0 Å². The predicted molar refractivity (Wildman–Crippen MR) is 112 cm³/mol. The molecule has 1 saturated heterocycles. The fraction of sp³-hybridized carbons (Fsp3) is 0.500. The zero-order valence-corrected chi connectivity index (χ0v) is 18.0. The molecule has 0 radical (unpaired) electrons. The Bertz CT molecular complexity index is 1010. The van der Waals surface area contributed by atoms with E-state index in [1.807, 2.05) is 34.8 Å². The van der Waals surface area contributed by atoms with E-state index in [9.17, 15) is 4.79 Å². The molecule has 0 saturated carbocycles. The molecule has 1 amide bonds. The first-order chi connectivity index (χ1) is 14.3. The summed E-state index contributed by atoms with van der Waals surface area (Å²) in [6, 6.07) is 8.19. The highest BCUT2D eigenvalue weighted by Crippen LogP contribution is 2.26. The second-order valence-electron chi connectivity index (χ2n) is 8.80. The fourth-order valence-electron chi connectivity index (χ4n) is 3.68. The van der Waals surface area contributed by atoms with Crippen molar-refractivity contribution in [1.29, 1.82) is 0 Å². The monoisotopic (exact) mass is 408 g/mol. The zero-order valence-electron chi connectivity index (χ0n) is 18.0. The van der Waals surface area contributed by atoms with Gasteiger partial charge in [-0.05, 0) is 36.0 Å². The molecule has 0 bridgehead atoms. The molecule has 0 aliphatic carbocycles. The highest BCUT2D eigenvalue weighted by atomic mass is 16.5. The number of amides is 1. The standard InChI is InChI=1S/C22H28N6O2/c1-5-19-23-20(30-25-19)18-14-28(26-24-18)17-10-12-27(13-11-17)21(29)15-6-8-16(9-7-15)22(2,3)4/h6-9,14,17H,5,10-13H2,1-4H3. The van der Waals surface area contributed by atoms with Crippen molar-refractivity contribution < 1.29 is 9.32 Å². The molecule has 158 valence electrons. The fourth-order valence-corrected chi connectivity index (χ4v) is 3.68. The lowest BCUT2D eigenvalue weighted by Crippen LogP contribution is -2.39. The van der Waals surface area contributed by atoms with Gasteiger partial charge in [0, 0.05) is 25.1 Å². The maximum absolute atomic E-state index is 12.9. The van der Waals surface area contributed by atoms with Crippen LogP contribution < -0.4 is 0 Å². The first kappa shape index (κ1) is 20.3. The summed E-state index contributed by atoms with van der Waals surface area (Å²) < 4.78 is 7.09. The van der Waals surface area contributed by atoms with Crippen molar-refractivity contribution in [2.24, 2.45) is 0 Å². The molecule has 0 unspecified atom stereocenters. The number of aryl methyl sites for hydroxylation is 1. The average molecular weight is 409 g/mol. The van der Waals surface area contributed by atoms with Crippen LogP contribution in [0.15, 0.2) is 35.0 Å². The van der Waals surface area contributed by atoms with Crippen LogP contribution in [0.1, 0.15) is 68.3 Å². The lowest BCUT2D eigenvalue weighted by atomic mass is 9.86. The minimum Gasteiger partial charge on any atom is -0.338 e. The van der Waals surface area contributed by atoms with Gasteiger partial charge in [-0.2, -0.15) is 4.98 Å². The minimum atomic E-state index is 0.0793. The number of piperidine rings is 1. The lowest BCUT2D eigenvalue weighted by molar-refractivity contribution is 0.0689. The third kappa shape index (κ3) is 4.13. The molecule has 2 aromatic heterocycles. The van der Waals surface area contributed by atoms with Gasteiger partial charge in [-0.15, -0.1) is 5.10 Å². The van der Waals surface area contributed by atoms with E-state index in [0.717, 1.165) is 18.4 Å². The zero-order chi connectivity index (χ0) is 21.3. The summed E-state index contributed by atoms with van der Waals surface area (Å²) in [5.41, 5.74) is 2.63. The second-order valence-corrected chi connectivity index (χ2v) is 8.80. The van der Waals surface area contributed by atoms with Gasteiger partial charge in [-0.25, -0.2) is 4.68 Å². The number of carbonyl (C=O) groups is 1. The molecule has 30 heavy (non-hydrogen) atoms. The molecule has 1 aliphatic rings. The minimum absolute atomic E-state index is 0.0793. The molecule has 0 N–H and O–H groups in total. The van der Waals surface area contributed by atoms with Gasteiger partial charge in [-0.1, -0.05) is 50.2 Å². The quantitative estimate of drug-likeness (QED) is 0.654. The van der Waals surface area contributed by atoms with Crippen LogP contribution in [-0.2, 0) is 11.8 Å². The Morgan fingerprint density at radius 3 is 2.47 bits per heavy atom. The van der Waals surface area contributed by atoms with E-state index in [1.54, 1.807) is 0 Å². The third-order valence-electron chi connectivity index (χ3n) is 5.64. The van der Waals surface area contributed by atoms with Crippen LogP contribution in [0.2, 0.25) is 0 Å². The summed E-state index contributed by atoms with van der Waals surface area (Å²) in [6.45, 7) is 9.88. The maximum Gasteiger partial charge on any atom is 0.280 e. The van der Waals surface area contributed by atoms with Gasteiger partial charge in [0.25, 0.3) is 11.8 Å². The number of carbonyl (C=O) groups excluding carboxylic acids is 1. The Kier molecular flexibility index (Phi) is 5.40. The number of hydrogen-bond donors (Lipinski definition) is 0. The molecule has 3 aromatic rings. The van der Waals surface area contributed by atoms with E-state index in [4.69, 9.17) is 4.52 Å². The van der Waals surface area contributed by atoms with E-state index >= 15 is 0 Å². The average Bonchev–Trinajstić information content (AvgIpc) is 3.42. The number of aromatic nitrogens is 5. The molecule has 1 fully saturated rings. The molecule has 8 nitrogen and oxygen atoms in total. The lowest BCUT2D eigenvalue weighted by Gasteiger charge is -2.32. The van der Waals surface area contributed by atoms with Crippen molar-refractivity contribution in [3.63, 3.8) is 0 Å². The van der Waals surface area contributed by atoms with E-state index in [1.165, 1.54) is 5.56 Å². The van der Waals surface area contributed by atoms with Gasteiger partial charge in [0.15, 0.2) is 11.5 Å². The summed E-state index contributed by atoms with van der Waals surface area (Å²) >= 11 is 0. The number of nitrogens with zero attached hydrogens (tertiary/aromatic N) is 6. The summed E-state index contributed by atoms with van der Waals surface area (Å²) in [5.74, 6) is 1.14. The summed E-state index contributed by atoms with van der Waals surface area (Å²) in [6.07, 6.45) is 4.22. The number of benzene rings is 1. The largest absolute Gasteiger partial charge is 0.338 e. The highest BCUT2D eigenvalue weighted by Gasteiger charge is 2.26. The van der Waals surface area contributed by atoms with Gasteiger partial charge in [0.2, 0.25) is 0 Å². The molecule has 0 atom stereocenters. The maximum atomic E-state index is 12.9. The van der Waals surface area contributed by atoms with Gasteiger partial charge >= 0.3 is 0 Å². The van der Waals surface area contributed by atoms with Crippen LogP contribution in [0.3, 0.4) is 0 Å². The molecule has 1 aromatic carbocycles. The molecule has 1 aliphatic heterocycles. The van der Waals surface area contributed by atoms with Crippen LogP contribution in [0.5, 0.6) is 0 Å². The third-order valence-corrected chi connectivity index (χ3v) is 5.64. The van der Waals surface area contributed by atoms with Gasteiger partial charge in [0.1, 0.15) is 0 Å². The molecular formula is C22H28N6O2. The normalized spacial score (nSPS) is 15.5. The Morgan fingerprint density at radius 2 is 1.87 bits per heavy atom. The van der Waals surface area contributed by atoms with Crippen LogP contribution in [0.25, 0.3) is 11.6 Å². The Labute approximate surface area is 176 Å². The smallest absolute Gasteiger partial charge is 0.280 e. The van der Waals surface area contributed by atoms with E-state index < -0.39 is 0 Å². The van der Waals surface area contributed by atoms with Gasteiger partial charge < -0.3 is 9.42 Å². The Hall–Kier alpha value is -3.03. The van der Waals surface area contributed by atoms with Crippen molar-refractivity contribution in [2.45, 2.75) is 58.4 Å². The summed E-state index contributed by atoms with van der Waals surface area (Å²) in [4.78, 5) is 19.1. The van der Waals surface area contributed by atoms with Crippen molar-refractivity contribution in [3.05, 3.63) is 47.4 Å². The van der Waals surface area contributed by atoms with Crippen LogP contribution in [0.4, 0.5) is 0 Å². The van der Waals surface area contributed by atoms with Gasteiger partial charge in [0.05, 0.1) is 12.2 Å². The van der Waals surface area contributed by atoms with Crippen molar-refractivity contribution in [3.8, 4) is 11.6 Å². The number of rotatable bonds is 4. The topological polar surface area (TPSA) is 89.9 Å². The van der Waals surface area contributed by atoms with Crippen molar-refractivity contribution in [2.75, 3.05) is 13.1 Å².